The number of benzene rings is 1. The summed E-state index contributed by atoms with van der Waals surface area (Å²) in [5.41, 5.74) is 0.0995. The molecule has 1 amide bonds. The van der Waals surface area contributed by atoms with Crippen molar-refractivity contribution in [3.63, 3.8) is 0 Å². The van der Waals surface area contributed by atoms with Gasteiger partial charge in [-0.25, -0.2) is 0 Å². The number of amides is 1. The minimum absolute atomic E-state index is 0.299. The number of ether oxygens (including phenoxy) is 2. The number of carbonyl (C=O) groups is 1. The van der Waals surface area contributed by atoms with Gasteiger partial charge in [-0.05, 0) is 30.5 Å². The SMILES string of the molecule is CCn1c(=O)c(C(=O)Nc2cc(OC)ccc2OC)c(O)c2sccc21. The summed E-state index contributed by atoms with van der Waals surface area (Å²) in [6, 6.07) is 6.65. The predicted octanol–water partition coefficient (Wildman–Crippen LogP) is 3.06. The molecule has 0 saturated heterocycles. The maximum atomic E-state index is 12.8. The number of aryl methyl sites for hydroxylation is 1. The second-order valence-corrected chi connectivity index (χ2v) is 6.34. The topological polar surface area (TPSA) is 89.8 Å². The molecule has 3 aromatic rings. The summed E-state index contributed by atoms with van der Waals surface area (Å²) in [4.78, 5) is 25.5. The van der Waals surface area contributed by atoms with Crippen LogP contribution in [0.2, 0.25) is 0 Å². The average molecular weight is 374 g/mol. The third-order valence-electron chi connectivity index (χ3n) is 4.04. The normalized spacial score (nSPS) is 10.7. The number of anilines is 1. The molecule has 3 rings (SSSR count). The molecule has 2 aromatic heterocycles. The van der Waals surface area contributed by atoms with Crippen molar-refractivity contribution in [2.75, 3.05) is 19.5 Å². The van der Waals surface area contributed by atoms with E-state index in [9.17, 15) is 14.7 Å². The lowest BCUT2D eigenvalue weighted by Crippen LogP contribution is -2.29. The standard InChI is InChI=1S/C18H18N2O5S/c1-4-20-12-7-8-26-16(12)15(21)14(18(20)23)17(22)19-11-9-10(24-2)5-6-13(11)25-3/h5-9,21H,4H2,1-3H3,(H,19,22). The molecule has 0 bridgehead atoms. The minimum Gasteiger partial charge on any atom is -0.505 e. The van der Waals surface area contributed by atoms with Gasteiger partial charge >= 0.3 is 0 Å². The quantitative estimate of drug-likeness (QED) is 0.716. The van der Waals surface area contributed by atoms with Crippen LogP contribution in [0.15, 0.2) is 34.4 Å². The van der Waals surface area contributed by atoms with E-state index in [2.05, 4.69) is 5.32 Å². The van der Waals surface area contributed by atoms with E-state index in [4.69, 9.17) is 9.47 Å². The lowest BCUT2D eigenvalue weighted by molar-refractivity contribution is 0.102. The number of methoxy groups -OCH3 is 2. The van der Waals surface area contributed by atoms with Crippen LogP contribution in [0.25, 0.3) is 10.2 Å². The molecule has 0 fully saturated rings. The van der Waals surface area contributed by atoms with Crippen molar-refractivity contribution < 1.29 is 19.4 Å². The monoisotopic (exact) mass is 374 g/mol. The molecule has 0 spiro atoms. The van der Waals surface area contributed by atoms with Crippen LogP contribution < -0.4 is 20.3 Å². The van der Waals surface area contributed by atoms with Gasteiger partial charge in [0.25, 0.3) is 11.5 Å². The van der Waals surface area contributed by atoms with Crippen LogP contribution in [0.1, 0.15) is 17.3 Å². The molecule has 1 aromatic carbocycles. The highest BCUT2D eigenvalue weighted by molar-refractivity contribution is 7.17. The van der Waals surface area contributed by atoms with Crippen molar-refractivity contribution in [1.29, 1.82) is 0 Å². The Bertz CT molecular complexity index is 1040. The van der Waals surface area contributed by atoms with Crippen LogP contribution in [-0.2, 0) is 6.54 Å². The smallest absolute Gasteiger partial charge is 0.267 e. The summed E-state index contributed by atoms with van der Waals surface area (Å²) in [6.07, 6.45) is 0. The van der Waals surface area contributed by atoms with Gasteiger partial charge in [-0.15, -0.1) is 11.3 Å². The highest BCUT2D eigenvalue weighted by Gasteiger charge is 2.23. The first-order chi connectivity index (χ1) is 12.5. The van der Waals surface area contributed by atoms with E-state index in [1.165, 1.54) is 30.1 Å². The van der Waals surface area contributed by atoms with Gasteiger partial charge in [0, 0.05) is 12.6 Å². The molecule has 0 unspecified atom stereocenters. The zero-order valence-corrected chi connectivity index (χ0v) is 15.3. The van der Waals surface area contributed by atoms with Gasteiger partial charge in [0.2, 0.25) is 0 Å². The fourth-order valence-electron chi connectivity index (χ4n) is 2.77. The van der Waals surface area contributed by atoms with Crippen LogP contribution in [0.4, 0.5) is 5.69 Å². The largest absolute Gasteiger partial charge is 0.505 e. The van der Waals surface area contributed by atoms with Gasteiger partial charge in [0.05, 0.1) is 30.1 Å². The molecular weight excluding hydrogens is 356 g/mol. The Morgan fingerprint density at radius 3 is 2.69 bits per heavy atom. The lowest BCUT2D eigenvalue weighted by Gasteiger charge is -2.14. The fourth-order valence-corrected chi connectivity index (χ4v) is 3.61. The lowest BCUT2D eigenvalue weighted by atomic mass is 10.2. The Kier molecular flexibility index (Phi) is 4.85. The number of nitrogens with one attached hydrogen (secondary N) is 1. The average Bonchev–Trinajstić information content (AvgIpc) is 3.12. The van der Waals surface area contributed by atoms with Crippen LogP contribution in [0, 0.1) is 0 Å². The summed E-state index contributed by atoms with van der Waals surface area (Å²) in [5.74, 6) is -0.0997. The number of hydrogen-bond acceptors (Lipinski definition) is 6. The van der Waals surface area contributed by atoms with Crippen molar-refractivity contribution in [2.24, 2.45) is 0 Å². The number of rotatable bonds is 5. The Morgan fingerprint density at radius 1 is 1.27 bits per heavy atom. The molecule has 26 heavy (non-hydrogen) atoms. The van der Waals surface area contributed by atoms with Crippen molar-refractivity contribution >= 4 is 33.1 Å². The molecule has 7 nitrogen and oxygen atoms in total. The van der Waals surface area contributed by atoms with E-state index >= 15 is 0 Å². The molecule has 0 aliphatic rings. The van der Waals surface area contributed by atoms with Crippen molar-refractivity contribution in [3.8, 4) is 17.2 Å². The first-order valence-corrected chi connectivity index (χ1v) is 8.76. The van der Waals surface area contributed by atoms with Gasteiger partial charge in [0.15, 0.2) is 5.75 Å². The number of nitrogens with zero attached hydrogens (tertiary/aromatic N) is 1. The maximum Gasteiger partial charge on any atom is 0.267 e. The number of aromatic hydroxyl groups is 1. The summed E-state index contributed by atoms with van der Waals surface area (Å²) < 4.78 is 12.3. The van der Waals surface area contributed by atoms with Gasteiger partial charge in [-0.2, -0.15) is 0 Å². The number of thiophene rings is 1. The molecule has 0 radical (unpaired) electrons. The third kappa shape index (κ3) is 2.88. The molecule has 136 valence electrons. The summed E-state index contributed by atoms with van der Waals surface area (Å²) in [6.45, 7) is 2.19. The Balaban J connectivity index is 2.11. The molecule has 0 atom stereocenters. The van der Waals surface area contributed by atoms with Gasteiger partial charge < -0.3 is 24.5 Å². The molecular formula is C18H18N2O5S. The van der Waals surface area contributed by atoms with Crippen molar-refractivity contribution in [3.05, 3.63) is 45.6 Å². The van der Waals surface area contributed by atoms with Crippen molar-refractivity contribution in [1.82, 2.24) is 4.57 Å². The number of fused-ring (bicyclic) bond motifs is 1. The predicted molar refractivity (Wildman–Crippen MR) is 101 cm³/mol. The van der Waals surface area contributed by atoms with Crippen LogP contribution >= 0.6 is 11.3 Å². The maximum absolute atomic E-state index is 12.8. The first kappa shape index (κ1) is 17.8. The Hall–Kier alpha value is -3.00. The second kappa shape index (κ2) is 7.09. The van der Waals surface area contributed by atoms with E-state index in [0.717, 1.165) is 0 Å². The Labute approximate surface area is 153 Å². The summed E-state index contributed by atoms with van der Waals surface area (Å²) in [5, 5.41) is 14.9. The van der Waals surface area contributed by atoms with Crippen molar-refractivity contribution in [2.45, 2.75) is 13.5 Å². The number of hydrogen-bond donors (Lipinski definition) is 2. The number of pyridine rings is 1. The Morgan fingerprint density at radius 2 is 2.04 bits per heavy atom. The summed E-state index contributed by atoms with van der Waals surface area (Å²) >= 11 is 1.27. The molecule has 2 N–H and O–H groups in total. The fraction of sp³-hybridized carbons (Fsp3) is 0.222. The zero-order valence-electron chi connectivity index (χ0n) is 14.5. The van der Waals surface area contributed by atoms with Crippen LogP contribution in [0.5, 0.6) is 17.2 Å². The zero-order chi connectivity index (χ0) is 18.8. The van der Waals surface area contributed by atoms with Gasteiger partial charge in [0.1, 0.15) is 17.1 Å². The van der Waals surface area contributed by atoms with E-state index in [1.54, 1.807) is 29.6 Å². The number of aromatic nitrogens is 1. The molecule has 8 heteroatoms. The molecule has 2 heterocycles. The second-order valence-electron chi connectivity index (χ2n) is 5.43. The van der Waals surface area contributed by atoms with E-state index in [-0.39, 0.29) is 11.3 Å². The van der Waals surface area contributed by atoms with Gasteiger partial charge in [-0.1, -0.05) is 0 Å². The van der Waals surface area contributed by atoms with E-state index < -0.39 is 11.5 Å². The highest BCUT2D eigenvalue weighted by atomic mass is 32.1. The van der Waals surface area contributed by atoms with E-state index in [1.807, 2.05) is 6.92 Å². The molecule has 0 saturated carbocycles. The first-order valence-electron chi connectivity index (χ1n) is 7.88. The number of carbonyl (C=O) groups excluding carboxylic acids is 1. The van der Waals surface area contributed by atoms with Crippen LogP contribution in [0.3, 0.4) is 0 Å². The molecule has 0 aliphatic carbocycles. The van der Waals surface area contributed by atoms with E-state index in [0.29, 0.717) is 33.9 Å². The van der Waals surface area contributed by atoms with Gasteiger partial charge in [-0.3, -0.25) is 9.59 Å². The third-order valence-corrected chi connectivity index (χ3v) is 4.95. The summed E-state index contributed by atoms with van der Waals surface area (Å²) in [7, 11) is 2.97. The van der Waals surface area contributed by atoms with Crippen LogP contribution in [-0.4, -0.2) is 29.8 Å². The molecule has 0 aliphatic heterocycles. The highest BCUT2D eigenvalue weighted by Crippen LogP contribution is 2.33. The minimum atomic E-state index is -0.712.